The van der Waals surface area contributed by atoms with Crippen molar-refractivity contribution in [3.8, 4) is 0 Å². The number of imide groups is 1. The molecule has 0 aromatic carbocycles. The van der Waals surface area contributed by atoms with Crippen LogP contribution in [-0.2, 0) is 19.2 Å². The molecule has 0 spiro atoms. The van der Waals surface area contributed by atoms with Gasteiger partial charge in [-0.1, -0.05) is 59.7 Å². The van der Waals surface area contributed by atoms with E-state index in [-0.39, 0.29) is 16.7 Å². The number of unbranched alkanes of at least 4 members (excludes halogenated alkanes) is 1. The van der Waals surface area contributed by atoms with E-state index in [0.717, 1.165) is 17.9 Å². The number of rotatable bonds is 4. The molecule has 2 amide bonds. The van der Waals surface area contributed by atoms with Gasteiger partial charge in [0.05, 0.1) is 40.7 Å². The number of halogens is 6. The van der Waals surface area contributed by atoms with Gasteiger partial charge < -0.3 is 4.74 Å². The molecule has 5 aliphatic rings. The SMILES string of the molecule is CCCCON1C(=O)[C@@H]2[C@H]3O[C@H]([C@H]2C1=O)[C@@H]1[C@@H]3[C@]2(Cl)C(Cl)=C(Cl)[C@]1(Cl)C2(Cl)Cl. The van der Waals surface area contributed by atoms with Gasteiger partial charge >= 0.3 is 0 Å². The lowest BCUT2D eigenvalue weighted by atomic mass is 9.65. The van der Waals surface area contributed by atoms with Crippen molar-refractivity contribution < 1.29 is 19.2 Å². The molecular weight excluding hydrogens is 495 g/mol. The Hall–Kier alpha value is 0.540. The fourth-order valence-electron chi connectivity index (χ4n) is 5.70. The van der Waals surface area contributed by atoms with Gasteiger partial charge in [-0.25, -0.2) is 0 Å². The maximum absolute atomic E-state index is 13.0. The van der Waals surface area contributed by atoms with Crippen LogP contribution in [0.4, 0.5) is 0 Å². The molecule has 4 fully saturated rings. The lowest BCUT2D eigenvalue weighted by Gasteiger charge is -2.39. The number of alkyl halides is 4. The highest BCUT2D eigenvalue weighted by Crippen LogP contribution is 2.81. The van der Waals surface area contributed by atoms with E-state index < -0.39 is 61.8 Å². The Labute approximate surface area is 191 Å². The number of nitrogens with zero attached hydrogens (tertiary/aromatic N) is 1. The highest BCUT2D eigenvalue weighted by atomic mass is 35.5. The van der Waals surface area contributed by atoms with E-state index in [2.05, 4.69) is 0 Å². The first kappa shape index (κ1) is 20.4. The molecule has 0 aromatic heterocycles. The summed E-state index contributed by atoms with van der Waals surface area (Å²) in [4.78, 5) is 28.3. The highest BCUT2D eigenvalue weighted by molar-refractivity contribution is 6.65. The zero-order chi connectivity index (χ0) is 20.4. The van der Waals surface area contributed by atoms with Crippen LogP contribution in [0.2, 0.25) is 0 Å². The zero-order valence-corrected chi connectivity index (χ0v) is 19.0. The lowest BCUT2D eigenvalue weighted by Crippen LogP contribution is -2.50. The van der Waals surface area contributed by atoms with Crippen molar-refractivity contribution in [1.29, 1.82) is 0 Å². The predicted molar refractivity (Wildman–Crippen MR) is 106 cm³/mol. The number of ether oxygens (including phenoxy) is 1. The van der Waals surface area contributed by atoms with Gasteiger partial charge in [0.1, 0.15) is 9.75 Å². The maximum Gasteiger partial charge on any atom is 0.260 e. The third-order valence-electron chi connectivity index (χ3n) is 6.86. The minimum Gasteiger partial charge on any atom is -0.373 e. The van der Waals surface area contributed by atoms with Crippen molar-refractivity contribution in [2.24, 2.45) is 23.7 Å². The highest BCUT2D eigenvalue weighted by Gasteiger charge is 2.90. The first-order valence-corrected chi connectivity index (χ1v) is 11.3. The van der Waals surface area contributed by atoms with Gasteiger partial charge in [-0.15, -0.1) is 23.2 Å². The number of carbonyl (C=O) groups is 2. The molecule has 4 bridgehead atoms. The third kappa shape index (κ3) is 1.90. The Morgan fingerprint density at radius 3 is 1.86 bits per heavy atom. The van der Waals surface area contributed by atoms with Crippen molar-refractivity contribution >= 4 is 81.4 Å². The standard InChI is InChI=1S/C17H15Cl6NO4/c1-2-3-4-27-24-13(25)5-6(14(24)26)10-8-7(9(5)28-10)15(20)11(18)12(19)16(8,21)17(15,22)23/h5-10H,2-4H2,1H3/t5-,6-,7-,8-,9+,10+,15-,16-/m0/s1. The first-order chi connectivity index (χ1) is 13.1. The Balaban J connectivity index is 1.55. The lowest BCUT2D eigenvalue weighted by molar-refractivity contribution is -0.192. The van der Waals surface area contributed by atoms with Crippen molar-refractivity contribution in [2.75, 3.05) is 6.61 Å². The summed E-state index contributed by atoms with van der Waals surface area (Å²) in [5.41, 5.74) is 0. The summed E-state index contributed by atoms with van der Waals surface area (Å²) >= 11 is 39.9. The Morgan fingerprint density at radius 2 is 1.43 bits per heavy atom. The van der Waals surface area contributed by atoms with E-state index in [1.54, 1.807) is 0 Å². The average molecular weight is 510 g/mol. The summed E-state index contributed by atoms with van der Waals surface area (Å²) in [5, 5.41) is 0.999. The minimum atomic E-state index is -1.71. The molecule has 3 aliphatic heterocycles. The molecular formula is C17H15Cl6NO4. The summed E-state index contributed by atoms with van der Waals surface area (Å²) in [7, 11) is 0. The van der Waals surface area contributed by atoms with Gasteiger partial charge in [0, 0.05) is 11.8 Å². The van der Waals surface area contributed by atoms with E-state index in [9.17, 15) is 9.59 Å². The number of amides is 2. The van der Waals surface area contributed by atoms with Crippen LogP contribution in [0, 0.1) is 23.7 Å². The molecule has 154 valence electrons. The fourth-order valence-corrected chi connectivity index (χ4v) is 8.76. The number of hydrogen-bond acceptors (Lipinski definition) is 4. The monoisotopic (exact) mass is 507 g/mol. The molecule has 8 atom stereocenters. The quantitative estimate of drug-likeness (QED) is 0.324. The molecule has 2 aliphatic carbocycles. The van der Waals surface area contributed by atoms with Gasteiger partial charge in [0.2, 0.25) is 0 Å². The smallest absolute Gasteiger partial charge is 0.260 e. The third-order valence-corrected chi connectivity index (χ3v) is 11.1. The van der Waals surface area contributed by atoms with Gasteiger partial charge in [0.25, 0.3) is 11.8 Å². The van der Waals surface area contributed by atoms with Crippen LogP contribution >= 0.6 is 69.6 Å². The Bertz CT molecular complexity index is 776. The zero-order valence-electron chi connectivity index (χ0n) is 14.4. The van der Waals surface area contributed by atoms with E-state index in [4.69, 9.17) is 79.2 Å². The van der Waals surface area contributed by atoms with Crippen LogP contribution in [0.15, 0.2) is 10.1 Å². The van der Waals surface area contributed by atoms with Gasteiger partial charge in [0.15, 0.2) is 4.33 Å². The average Bonchev–Trinajstić information content (AvgIpc) is 3.34. The molecule has 1 saturated carbocycles. The molecule has 0 radical (unpaired) electrons. The number of fused-ring (bicyclic) bond motifs is 12. The summed E-state index contributed by atoms with van der Waals surface area (Å²) in [5.74, 6) is -3.47. The van der Waals surface area contributed by atoms with E-state index in [0.29, 0.717) is 0 Å². The summed E-state index contributed by atoms with van der Waals surface area (Å²) in [6.07, 6.45) is 0.197. The minimum absolute atomic E-state index is 0.0672. The molecule has 0 unspecified atom stereocenters. The normalized spacial score (nSPS) is 50.2. The Kier molecular flexibility index (Phi) is 4.43. The summed E-state index contributed by atoms with van der Waals surface area (Å²) < 4.78 is 4.35. The second kappa shape index (κ2) is 6.07. The molecule has 5 rings (SSSR count). The van der Waals surface area contributed by atoms with Crippen molar-refractivity contribution in [2.45, 2.75) is 46.1 Å². The maximum atomic E-state index is 13.0. The first-order valence-electron chi connectivity index (χ1n) is 9.04. The number of allylic oxidation sites excluding steroid dienone is 2. The van der Waals surface area contributed by atoms with E-state index in [1.165, 1.54) is 0 Å². The molecule has 3 saturated heterocycles. The predicted octanol–water partition coefficient (Wildman–Crippen LogP) is 4.18. The van der Waals surface area contributed by atoms with Gasteiger partial charge in [-0.2, -0.15) is 5.06 Å². The second-order valence-corrected chi connectivity index (χ2v) is 11.2. The largest absolute Gasteiger partial charge is 0.373 e. The van der Waals surface area contributed by atoms with Crippen LogP contribution in [-0.4, -0.2) is 49.8 Å². The van der Waals surface area contributed by atoms with Gasteiger partial charge in [-0.05, 0) is 6.42 Å². The number of hydrogen-bond donors (Lipinski definition) is 0. The molecule has 28 heavy (non-hydrogen) atoms. The van der Waals surface area contributed by atoms with Crippen LogP contribution in [0.5, 0.6) is 0 Å². The number of carbonyl (C=O) groups excluding carboxylic acids is 2. The molecule has 5 nitrogen and oxygen atoms in total. The van der Waals surface area contributed by atoms with Crippen LogP contribution in [0.1, 0.15) is 19.8 Å². The molecule has 0 aromatic rings. The van der Waals surface area contributed by atoms with Crippen molar-refractivity contribution in [3.05, 3.63) is 10.1 Å². The molecule has 3 heterocycles. The second-order valence-electron chi connectivity index (χ2n) is 7.95. The molecule has 0 N–H and O–H groups in total. The summed E-state index contributed by atoms with van der Waals surface area (Å²) in [6, 6.07) is 0. The topological polar surface area (TPSA) is 55.8 Å². The van der Waals surface area contributed by atoms with E-state index >= 15 is 0 Å². The van der Waals surface area contributed by atoms with Crippen LogP contribution < -0.4 is 0 Å². The Morgan fingerprint density at radius 1 is 0.964 bits per heavy atom. The fraction of sp³-hybridized carbons (Fsp3) is 0.765. The molecule has 11 heteroatoms. The van der Waals surface area contributed by atoms with Crippen molar-refractivity contribution in [1.82, 2.24) is 5.06 Å². The van der Waals surface area contributed by atoms with Gasteiger partial charge in [-0.3, -0.25) is 14.4 Å². The van der Waals surface area contributed by atoms with Crippen LogP contribution in [0.25, 0.3) is 0 Å². The van der Waals surface area contributed by atoms with Crippen molar-refractivity contribution in [3.63, 3.8) is 0 Å². The van der Waals surface area contributed by atoms with E-state index in [1.807, 2.05) is 6.92 Å². The van der Waals surface area contributed by atoms with Crippen LogP contribution in [0.3, 0.4) is 0 Å². The summed E-state index contributed by atoms with van der Waals surface area (Å²) in [6.45, 7) is 2.27. The number of hydroxylamine groups is 2.